The van der Waals surface area contributed by atoms with Gasteiger partial charge in [0.15, 0.2) is 0 Å². The van der Waals surface area contributed by atoms with Crippen LogP contribution in [0, 0.1) is 11.8 Å². The minimum atomic E-state index is 0.805. The van der Waals surface area contributed by atoms with Crippen molar-refractivity contribution in [1.82, 2.24) is 0 Å². The fraction of sp³-hybridized carbons (Fsp3) is 0.562. The van der Waals surface area contributed by atoms with Gasteiger partial charge in [-0.2, -0.15) is 0 Å². The molecule has 1 aromatic carbocycles. The minimum absolute atomic E-state index is 0.805. The summed E-state index contributed by atoms with van der Waals surface area (Å²) in [7, 11) is 0. The van der Waals surface area contributed by atoms with Gasteiger partial charge < -0.3 is 0 Å². The molecule has 0 aliphatic heterocycles. The van der Waals surface area contributed by atoms with E-state index in [1.54, 1.807) is 0 Å². The summed E-state index contributed by atoms with van der Waals surface area (Å²) >= 11 is 0. The second-order valence-corrected chi connectivity index (χ2v) is 5.54. The van der Waals surface area contributed by atoms with Crippen LogP contribution >= 0.6 is 0 Å². The Balaban J connectivity index is 1.86. The molecule has 0 radical (unpaired) electrons. The summed E-state index contributed by atoms with van der Waals surface area (Å²) in [6.45, 7) is 2.37. The molecule has 0 bridgehead atoms. The van der Waals surface area contributed by atoms with E-state index < -0.39 is 0 Å². The van der Waals surface area contributed by atoms with Gasteiger partial charge in [0.25, 0.3) is 0 Å². The number of benzene rings is 1. The minimum Gasteiger partial charge on any atom is -0.298 e. The van der Waals surface area contributed by atoms with Gasteiger partial charge in [0, 0.05) is 5.56 Å². The molecule has 2 atom stereocenters. The van der Waals surface area contributed by atoms with Crippen LogP contribution in [-0.4, -0.2) is 6.29 Å². The van der Waals surface area contributed by atoms with Crippen molar-refractivity contribution in [3.8, 4) is 0 Å². The van der Waals surface area contributed by atoms with Crippen LogP contribution in [0.15, 0.2) is 24.3 Å². The first-order chi connectivity index (χ1) is 8.28. The molecule has 0 spiro atoms. The van der Waals surface area contributed by atoms with E-state index in [-0.39, 0.29) is 0 Å². The van der Waals surface area contributed by atoms with Gasteiger partial charge in [-0.25, -0.2) is 0 Å². The largest absolute Gasteiger partial charge is 0.298 e. The molecule has 92 valence electrons. The lowest BCUT2D eigenvalue weighted by molar-refractivity contribution is 0.112. The van der Waals surface area contributed by atoms with Crippen molar-refractivity contribution in [3.05, 3.63) is 35.4 Å². The third-order valence-electron chi connectivity index (χ3n) is 3.97. The Labute approximate surface area is 104 Å². The summed E-state index contributed by atoms with van der Waals surface area (Å²) in [6.07, 6.45) is 8.96. The molecule has 2 unspecified atom stereocenters. The number of hydrogen-bond acceptors (Lipinski definition) is 1. The number of hydrogen-bond donors (Lipinski definition) is 0. The predicted molar refractivity (Wildman–Crippen MR) is 71.3 cm³/mol. The van der Waals surface area contributed by atoms with E-state index in [0.29, 0.717) is 0 Å². The molecule has 1 fully saturated rings. The van der Waals surface area contributed by atoms with E-state index in [9.17, 15) is 4.79 Å². The molecule has 17 heavy (non-hydrogen) atoms. The van der Waals surface area contributed by atoms with Crippen LogP contribution in [-0.2, 0) is 6.42 Å². The van der Waals surface area contributed by atoms with E-state index in [1.165, 1.54) is 37.7 Å². The molecule has 0 saturated heterocycles. The maximum atomic E-state index is 10.7. The monoisotopic (exact) mass is 230 g/mol. The van der Waals surface area contributed by atoms with Crippen LogP contribution < -0.4 is 0 Å². The maximum Gasteiger partial charge on any atom is 0.150 e. The molecule has 0 heterocycles. The first-order valence-electron chi connectivity index (χ1n) is 6.82. The molecule has 1 saturated carbocycles. The average molecular weight is 230 g/mol. The Morgan fingerprint density at radius 2 is 2.24 bits per heavy atom. The van der Waals surface area contributed by atoms with Gasteiger partial charge in [-0.1, -0.05) is 44.4 Å². The normalized spacial score (nSPS) is 24.5. The Kier molecular flexibility index (Phi) is 4.36. The molecular formula is C16H22O. The quantitative estimate of drug-likeness (QED) is 0.706. The summed E-state index contributed by atoms with van der Waals surface area (Å²) in [6, 6.07) is 8.03. The lowest BCUT2D eigenvalue weighted by Crippen LogP contribution is -2.13. The van der Waals surface area contributed by atoms with Crippen molar-refractivity contribution in [2.24, 2.45) is 11.8 Å². The highest BCUT2D eigenvalue weighted by Gasteiger charge is 2.18. The lowest BCUT2D eigenvalue weighted by atomic mass is 9.80. The van der Waals surface area contributed by atoms with Gasteiger partial charge in [0.05, 0.1) is 0 Å². The van der Waals surface area contributed by atoms with Crippen LogP contribution in [0.1, 0.15) is 54.9 Å². The van der Waals surface area contributed by atoms with Crippen LogP contribution in [0.4, 0.5) is 0 Å². The van der Waals surface area contributed by atoms with Crippen molar-refractivity contribution in [2.75, 3.05) is 0 Å². The average Bonchev–Trinajstić information content (AvgIpc) is 2.37. The van der Waals surface area contributed by atoms with Crippen LogP contribution in [0.25, 0.3) is 0 Å². The number of aldehydes is 1. The van der Waals surface area contributed by atoms with Gasteiger partial charge >= 0.3 is 0 Å². The summed E-state index contributed by atoms with van der Waals surface area (Å²) in [5, 5.41) is 0. The Bertz CT molecular complexity index is 370. The highest BCUT2D eigenvalue weighted by molar-refractivity contribution is 5.74. The molecule has 1 aliphatic carbocycles. The molecule has 0 amide bonds. The van der Waals surface area contributed by atoms with Gasteiger partial charge in [-0.3, -0.25) is 4.79 Å². The summed E-state index contributed by atoms with van der Waals surface area (Å²) in [4.78, 5) is 10.7. The van der Waals surface area contributed by atoms with Crippen molar-refractivity contribution in [2.45, 2.75) is 45.4 Å². The topological polar surface area (TPSA) is 17.1 Å². The second kappa shape index (κ2) is 6.00. The summed E-state index contributed by atoms with van der Waals surface area (Å²) in [5.74, 6) is 1.81. The third-order valence-corrected chi connectivity index (χ3v) is 3.97. The molecule has 1 heteroatoms. The number of rotatable bonds is 4. The van der Waals surface area contributed by atoms with E-state index in [2.05, 4.69) is 13.0 Å². The van der Waals surface area contributed by atoms with Crippen LogP contribution in [0.2, 0.25) is 0 Å². The zero-order valence-electron chi connectivity index (χ0n) is 10.7. The van der Waals surface area contributed by atoms with Gasteiger partial charge in [0.2, 0.25) is 0 Å². The second-order valence-electron chi connectivity index (χ2n) is 5.54. The fourth-order valence-corrected chi connectivity index (χ4v) is 3.01. The van der Waals surface area contributed by atoms with E-state index in [4.69, 9.17) is 0 Å². The molecule has 0 N–H and O–H groups in total. The molecular weight excluding hydrogens is 208 g/mol. The van der Waals surface area contributed by atoms with E-state index in [1.807, 2.05) is 18.2 Å². The first-order valence-corrected chi connectivity index (χ1v) is 6.82. The molecule has 1 aliphatic rings. The van der Waals surface area contributed by atoms with Gasteiger partial charge in [-0.15, -0.1) is 0 Å². The Morgan fingerprint density at radius 1 is 1.35 bits per heavy atom. The molecule has 1 nitrogen and oxygen atoms in total. The maximum absolute atomic E-state index is 10.7. The molecule has 1 aromatic rings. The van der Waals surface area contributed by atoms with E-state index >= 15 is 0 Å². The van der Waals surface area contributed by atoms with Crippen molar-refractivity contribution >= 4 is 6.29 Å². The third kappa shape index (κ3) is 3.69. The van der Waals surface area contributed by atoms with Crippen molar-refractivity contribution < 1.29 is 4.79 Å². The standard InChI is InChI=1S/C16H22O/c1-13-4-2-5-14(10-13)8-9-15-6-3-7-16(11-15)12-17/h3,6-7,11-14H,2,4-5,8-10H2,1H3. The SMILES string of the molecule is CC1CCCC(CCc2cccc(C=O)c2)C1. The highest BCUT2D eigenvalue weighted by atomic mass is 16.1. The molecule has 0 aromatic heterocycles. The molecule has 2 rings (SSSR count). The van der Waals surface area contributed by atoms with Gasteiger partial charge in [-0.05, 0) is 42.7 Å². The van der Waals surface area contributed by atoms with Crippen LogP contribution in [0.5, 0.6) is 0 Å². The fourth-order valence-electron chi connectivity index (χ4n) is 3.01. The Morgan fingerprint density at radius 3 is 3.00 bits per heavy atom. The zero-order valence-corrected chi connectivity index (χ0v) is 10.7. The van der Waals surface area contributed by atoms with E-state index in [0.717, 1.165) is 30.1 Å². The predicted octanol–water partition coefficient (Wildman–Crippen LogP) is 4.26. The summed E-state index contributed by atoms with van der Waals surface area (Å²) in [5.41, 5.74) is 2.12. The Hall–Kier alpha value is -1.11. The van der Waals surface area contributed by atoms with Gasteiger partial charge in [0.1, 0.15) is 6.29 Å². The number of carbonyl (C=O) groups is 1. The highest BCUT2D eigenvalue weighted by Crippen LogP contribution is 2.31. The number of carbonyl (C=O) groups excluding carboxylic acids is 1. The summed E-state index contributed by atoms with van der Waals surface area (Å²) < 4.78 is 0. The van der Waals surface area contributed by atoms with Crippen LogP contribution in [0.3, 0.4) is 0 Å². The first kappa shape index (κ1) is 12.3. The number of aryl methyl sites for hydroxylation is 1. The lowest BCUT2D eigenvalue weighted by Gasteiger charge is -2.26. The van der Waals surface area contributed by atoms with Crippen molar-refractivity contribution in [3.63, 3.8) is 0 Å². The van der Waals surface area contributed by atoms with Crippen molar-refractivity contribution in [1.29, 1.82) is 0 Å². The zero-order chi connectivity index (χ0) is 12.1. The smallest absolute Gasteiger partial charge is 0.150 e.